The van der Waals surface area contributed by atoms with E-state index < -0.39 is 0 Å². The van der Waals surface area contributed by atoms with Crippen LogP contribution in [0.5, 0.6) is 0 Å². The Hall–Kier alpha value is -5.87. The minimum Gasteiger partial charge on any atom is -0.455 e. The van der Waals surface area contributed by atoms with E-state index >= 15 is 0 Å². The van der Waals surface area contributed by atoms with Gasteiger partial charge in [-0.3, -0.25) is 0 Å². The van der Waals surface area contributed by atoms with Crippen molar-refractivity contribution in [2.75, 3.05) is 0 Å². The maximum Gasteiger partial charge on any atom is 0.167 e. The third kappa shape index (κ3) is 4.33. The van der Waals surface area contributed by atoms with Gasteiger partial charge in [-0.05, 0) is 64.6 Å². The first kappa shape index (κ1) is 27.4. The number of furan rings is 1. The summed E-state index contributed by atoms with van der Waals surface area (Å²) in [6.45, 7) is 6.70. The molecule has 8 aromatic rings. The smallest absolute Gasteiger partial charge is 0.167 e. The molecule has 0 saturated carbocycles. The van der Waals surface area contributed by atoms with Gasteiger partial charge in [0, 0.05) is 27.3 Å². The number of hydrogen-bond donors (Lipinski definition) is 0. The van der Waals surface area contributed by atoms with Crippen LogP contribution in [0.4, 0.5) is 0 Å². The van der Waals surface area contributed by atoms with E-state index in [4.69, 9.17) is 19.4 Å². The number of fused-ring (bicyclic) bond motifs is 7. The van der Waals surface area contributed by atoms with Gasteiger partial charge < -0.3 is 4.42 Å². The maximum atomic E-state index is 6.73. The Bertz CT molecular complexity index is 2510. The maximum absolute atomic E-state index is 6.73. The van der Waals surface area contributed by atoms with Crippen LogP contribution < -0.4 is 0 Å². The third-order valence-corrected chi connectivity index (χ3v) is 9.59. The molecule has 2 aromatic heterocycles. The highest BCUT2D eigenvalue weighted by Crippen LogP contribution is 2.53. The van der Waals surface area contributed by atoms with E-state index in [-0.39, 0.29) is 5.41 Å². The highest BCUT2D eigenvalue weighted by molar-refractivity contribution is 6.17. The van der Waals surface area contributed by atoms with E-state index in [1.54, 1.807) is 0 Å². The predicted octanol–water partition coefficient (Wildman–Crippen LogP) is 11.1. The van der Waals surface area contributed by atoms with Crippen LogP contribution in [0.25, 0.3) is 78.4 Å². The van der Waals surface area contributed by atoms with E-state index in [1.165, 1.54) is 22.3 Å². The Labute approximate surface area is 273 Å². The van der Waals surface area contributed by atoms with Gasteiger partial charge in [0.05, 0.1) is 5.56 Å². The second-order valence-electron chi connectivity index (χ2n) is 12.9. The normalized spacial score (nSPS) is 13.2. The van der Waals surface area contributed by atoms with Crippen molar-refractivity contribution in [2.45, 2.75) is 26.2 Å². The van der Waals surface area contributed by atoms with Crippen molar-refractivity contribution in [3.05, 3.63) is 150 Å². The number of rotatable bonds is 4. The Morgan fingerprint density at radius 1 is 0.511 bits per heavy atom. The number of nitrogens with zero attached hydrogens (tertiary/aromatic N) is 3. The lowest BCUT2D eigenvalue weighted by molar-refractivity contribution is 0.657. The highest BCUT2D eigenvalue weighted by Gasteiger charge is 2.37. The number of benzene rings is 6. The molecule has 0 N–H and O–H groups in total. The molecule has 0 unspecified atom stereocenters. The molecule has 1 aliphatic carbocycles. The van der Waals surface area contributed by atoms with Crippen LogP contribution in [-0.2, 0) is 5.41 Å². The highest BCUT2D eigenvalue weighted by atomic mass is 16.3. The molecule has 1 aliphatic rings. The van der Waals surface area contributed by atoms with Crippen molar-refractivity contribution in [3.8, 4) is 56.4 Å². The molecule has 0 aliphatic heterocycles. The number of aromatic nitrogens is 3. The first-order valence-electron chi connectivity index (χ1n) is 16.0. The summed E-state index contributed by atoms with van der Waals surface area (Å²) in [6, 6.07) is 46.5. The first-order chi connectivity index (χ1) is 23.0. The molecular weight excluding hydrogens is 574 g/mol. The van der Waals surface area contributed by atoms with Gasteiger partial charge in [-0.1, -0.05) is 129 Å². The molecule has 0 amide bonds. The Kier molecular flexibility index (Phi) is 6.03. The molecular formula is C43H31N3O. The number of para-hydroxylation sites is 1. The standard InChI is InChI=1S/C43H31N3O/c1-26-12-9-16-29(24-26)40-44-41(30-17-10-15-28(25-30)27-13-5-4-6-14-27)46-42(45-40)33-20-11-19-32-38-36(47-39(32)33)23-22-35-37(38)31-18-7-8-21-34(31)43(35,2)3/h4-25H,1-3H3. The fourth-order valence-corrected chi connectivity index (χ4v) is 7.26. The summed E-state index contributed by atoms with van der Waals surface area (Å²) in [5, 5.41) is 2.20. The lowest BCUT2D eigenvalue weighted by Gasteiger charge is -2.21. The van der Waals surface area contributed by atoms with E-state index in [0.29, 0.717) is 17.5 Å². The summed E-state index contributed by atoms with van der Waals surface area (Å²) in [4.78, 5) is 15.3. The van der Waals surface area contributed by atoms with Crippen LogP contribution in [-0.4, -0.2) is 15.0 Å². The van der Waals surface area contributed by atoms with Crippen LogP contribution in [0.2, 0.25) is 0 Å². The van der Waals surface area contributed by atoms with Gasteiger partial charge in [-0.15, -0.1) is 0 Å². The lowest BCUT2D eigenvalue weighted by Crippen LogP contribution is -2.14. The SMILES string of the molecule is Cc1cccc(-c2nc(-c3cccc(-c4ccccc4)c3)nc(-c3cccc4c3oc3ccc5c(c34)-c3ccccc3C5(C)C)n2)c1. The Balaban J connectivity index is 1.28. The number of aryl methyl sites for hydroxylation is 1. The summed E-state index contributed by atoms with van der Waals surface area (Å²) in [6.07, 6.45) is 0. The quantitative estimate of drug-likeness (QED) is 0.200. The summed E-state index contributed by atoms with van der Waals surface area (Å²) < 4.78 is 6.73. The largest absolute Gasteiger partial charge is 0.455 e. The Morgan fingerprint density at radius 3 is 1.96 bits per heavy atom. The second-order valence-corrected chi connectivity index (χ2v) is 12.9. The lowest BCUT2D eigenvalue weighted by atomic mass is 9.82. The fraction of sp³-hybridized carbons (Fsp3) is 0.0930. The minimum atomic E-state index is -0.0958. The van der Waals surface area contributed by atoms with Gasteiger partial charge >= 0.3 is 0 Å². The summed E-state index contributed by atoms with van der Waals surface area (Å²) in [5.74, 6) is 1.83. The molecule has 9 rings (SSSR count). The predicted molar refractivity (Wildman–Crippen MR) is 191 cm³/mol. The van der Waals surface area contributed by atoms with Crippen molar-refractivity contribution in [3.63, 3.8) is 0 Å². The van der Waals surface area contributed by atoms with Crippen LogP contribution in [0.1, 0.15) is 30.5 Å². The van der Waals surface area contributed by atoms with Gasteiger partial charge in [0.15, 0.2) is 17.5 Å². The fourth-order valence-electron chi connectivity index (χ4n) is 7.26. The monoisotopic (exact) mass is 605 g/mol. The van der Waals surface area contributed by atoms with Gasteiger partial charge in [-0.25, -0.2) is 15.0 Å². The van der Waals surface area contributed by atoms with Crippen molar-refractivity contribution in [2.24, 2.45) is 0 Å². The molecule has 6 aromatic carbocycles. The van der Waals surface area contributed by atoms with Crippen LogP contribution in [0, 0.1) is 6.92 Å². The molecule has 0 saturated heterocycles. The average Bonchev–Trinajstić information content (AvgIpc) is 3.61. The molecule has 0 radical (unpaired) electrons. The topological polar surface area (TPSA) is 51.8 Å². The third-order valence-electron chi connectivity index (χ3n) is 9.59. The summed E-state index contributed by atoms with van der Waals surface area (Å²) in [5.41, 5.74) is 12.9. The summed E-state index contributed by atoms with van der Waals surface area (Å²) in [7, 11) is 0. The molecule has 47 heavy (non-hydrogen) atoms. The van der Waals surface area contributed by atoms with E-state index in [9.17, 15) is 0 Å². The van der Waals surface area contributed by atoms with Gasteiger partial charge in [0.1, 0.15) is 11.2 Å². The van der Waals surface area contributed by atoms with Crippen LogP contribution in [0.15, 0.2) is 138 Å². The van der Waals surface area contributed by atoms with Crippen molar-refractivity contribution >= 4 is 21.9 Å². The van der Waals surface area contributed by atoms with Crippen molar-refractivity contribution < 1.29 is 4.42 Å². The van der Waals surface area contributed by atoms with Gasteiger partial charge in [-0.2, -0.15) is 0 Å². The molecule has 224 valence electrons. The van der Waals surface area contributed by atoms with Gasteiger partial charge in [0.25, 0.3) is 0 Å². The molecule has 2 heterocycles. The molecule has 4 heteroatoms. The molecule has 4 nitrogen and oxygen atoms in total. The molecule has 0 atom stereocenters. The van der Waals surface area contributed by atoms with Crippen LogP contribution in [0.3, 0.4) is 0 Å². The molecule has 0 fully saturated rings. The van der Waals surface area contributed by atoms with Crippen molar-refractivity contribution in [1.82, 2.24) is 15.0 Å². The Morgan fingerprint density at radius 2 is 1.15 bits per heavy atom. The minimum absolute atomic E-state index is 0.0958. The van der Waals surface area contributed by atoms with E-state index in [0.717, 1.165) is 55.3 Å². The number of hydrogen-bond acceptors (Lipinski definition) is 4. The summed E-state index contributed by atoms with van der Waals surface area (Å²) >= 11 is 0. The zero-order valence-electron chi connectivity index (χ0n) is 26.5. The van der Waals surface area contributed by atoms with Gasteiger partial charge in [0.2, 0.25) is 0 Å². The average molecular weight is 606 g/mol. The van der Waals surface area contributed by atoms with Crippen molar-refractivity contribution in [1.29, 1.82) is 0 Å². The molecule has 0 spiro atoms. The van der Waals surface area contributed by atoms with Crippen LogP contribution >= 0.6 is 0 Å². The first-order valence-corrected chi connectivity index (χ1v) is 16.0. The molecule has 0 bridgehead atoms. The second kappa shape index (κ2) is 10.3. The zero-order valence-corrected chi connectivity index (χ0v) is 26.5. The van der Waals surface area contributed by atoms with E-state index in [1.807, 2.05) is 12.1 Å². The van der Waals surface area contributed by atoms with E-state index in [2.05, 4.69) is 142 Å². The zero-order chi connectivity index (χ0) is 31.7.